The summed E-state index contributed by atoms with van der Waals surface area (Å²) in [6.07, 6.45) is 1.40. The highest BCUT2D eigenvalue weighted by atomic mass is 32.2. The molecule has 0 spiro atoms. The van der Waals surface area contributed by atoms with E-state index >= 15 is 0 Å². The number of carboxylic acids is 1. The van der Waals surface area contributed by atoms with Crippen molar-refractivity contribution in [1.82, 2.24) is 9.97 Å². The number of hydrogen-bond acceptors (Lipinski definition) is 7. The topological polar surface area (TPSA) is 106 Å². The van der Waals surface area contributed by atoms with Gasteiger partial charge in [-0.2, -0.15) is 0 Å². The minimum Gasteiger partial charge on any atom is -0.755 e. The van der Waals surface area contributed by atoms with Crippen molar-refractivity contribution >= 4 is 60.3 Å². The molecule has 142 valence electrons. The fraction of sp³-hybridized carbons (Fsp3) is 0. The number of carbonyl (C=O) groups is 1. The normalized spacial score (nSPS) is 12.2. The molecule has 4 rings (SSSR count). The molecular weight excluding hydrogens is 425 g/mol. The number of hydrogen-bond donors (Lipinski definition) is 1. The van der Waals surface area contributed by atoms with Crippen LogP contribution in [-0.4, -0.2) is 29.8 Å². The lowest BCUT2D eigenvalue weighted by Crippen LogP contribution is -2.18. The van der Waals surface area contributed by atoms with E-state index in [0.717, 1.165) is 27.0 Å². The van der Waals surface area contributed by atoms with Crippen LogP contribution in [0, 0.1) is 5.82 Å². The van der Waals surface area contributed by atoms with Crippen molar-refractivity contribution in [2.45, 2.75) is 0 Å². The van der Waals surface area contributed by atoms with Gasteiger partial charge in [-0.3, -0.25) is 4.21 Å². The summed E-state index contributed by atoms with van der Waals surface area (Å²) in [6, 6.07) is 10.1. The molecular formula is C17H9FN3O4S3-. The molecule has 0 saturated heterocycles. The van der Waals surface area contributed by atoms with Gasteiger partial charge in [-0.1, -0.05) is 22.7 Å². The SMILES string of the molecule is O=C(O)c1ccc2sc(N(c3cnc(-c4ccc(F)cc4)s3)S(=O)[O-])nc2c1. The highest BCUT2D eigenvalue weighted by Crippen LogP contribution is 2.39. The van der Waals surface area contributed by atoms with Crippen molar-refractivity contribution in [3.63, 3.8) is 0 Å². The Morgan fingerprint density at radius 3 is 2.61 bits per heavy atom. The second kappa shape index (κ2) is 7.36. The summed E-state index contributed by atoms with van der Waals surface area (Å²) in [6.45, 7) is 0. The molecule has 2 heterocycles. The van der Waals surface area contributed by atoms with Crippen molar-refractivity contribution < 1.29 is 23.1 Å². The average Bonchev–Trinajstić information content (AvgIpc) is 3.28. The van der Waals surface area contributed by atoms with Gasteiger partial charge >= 0.3 is 5.97 Å². The highest BCUT2D eigenvalue weighted by Gasteiger charge is 2.19. The van der Waals surface area contributed by atoms with Gasteiger partial charge in [-0.25, -0.2) is 23.5 Å². The molecule has 2 aromatic heterocycles. The van der Waals surface area contributed by atoms with Gasteiger partial charge in [0.05, 0.1) is 33.2 Å². The molecule has 0 saturated carbocycles. The third-order valence-corrected chi connectivity index (χ3v) is 6.68. The van der Waals surface area contributed by atoms with Gasteiger partial charge in [0.25, 0.3) is 0 Å². The van der Waals surface area contributed by atoms with Gasteiger partial charge < -0.3 is 9.66 Å². The molecule has 0 aliphatic rings. The quantitative estimate of drug-likeness (QED) is 0.472. The fourth-order valence-corrected chi connectivity index (χ4v) is 5.16. The molecule has 0 fully saturated rings. The number of carboxylic acid groups (broad SMARTS) is 1. The van der Waals surface area contributed by atoms with Crippen LogP contribution >= 0.6 is 22.7 Å². The largest absolute Gasteiger partial charge is 0.755 e. The maximum atomic E-state index is 13.1. The Hall–Kier alpha value is -2.73. The van der Waals surface area contributed by atoms with Crippen LogP contribution in [0.25, 0.3) is 20.8 Å². The molecule has 0 bridgehead atoms. The Morgan fingerprint density at radius 1 is 1.18 bits per heavy atom. The number of aromatic carboxylic acids is 1. The number of fused-ring (bicyclic) bond motifs is 1. The second-order valence-corrected chi connectivity index (χ2v) is 8.32. The molecule has 0 aliphatic carbocycles. The van der Waals surface area contributed by atoms with Crippen LogP contribution in [-0.2, 0) is 11.3 Å². The van der Waals surface area contributed by atoms with Crippen LogP contribution in [0.15, 0.2) is 48.7 Å². The van der Waals surface area contributed by atoms with Crippen molar-refractivity contribution in [1.29, 1.82) is 0 Å². The van der Waals surface area contributed by atoms with E-state index in [1.807, 2.05) is 0 Å². The predicted octanol–water partition coefficient (Wildman–Crippen LogP) is 4.19. The highest BCUT2D eigenvalue weighted by molar-refractivity contribution is 7.81. The predicted molar refractivity (Wildman–Crippen MR) is 105 cm³/mol. The molecule has 0 aliphatic heterocycles. The monoisotopic (exact) mass is 434 g/mol. The number of thiazole rings is 2. The van der Waals surface area contributed by atoms with Gasteiger partial charge in [0, 0.05) is 5.56 Å². The Balaban J connectivity index is 1.74. The van der Waals surface area contributed by atoms with E-state index in [9.17, 15) is 17.9 Å². The van der Waals surface area contributed by atoms with E-state index < -0.39 is 17.2 Å². The zero-order valence-corrected chi connectivity index (χ0v) is 16.2. The standard InChI is InChI=1S/C17H10FN3O4S3/c18-11-4-1-9(2-5-11)15-19-8-14(27-15)21(28(24)25)17-20-12-7-10(16(22)23)3-6-13(12)26-17/h1-8H,(H,22,23)(H,24,25)/p-1. The molecule has 1 unspecified atom stereocenters. The van der Waals surface area contributed by atoms with Crippen molar-refractivity contribution in [2.24, 2.45) is 0 Å². The summed E-state index contributed by atoms with van der Waals surface area (Å²) in [7, 11) is 0. The van der Waals surface area contributed by atoms with E-state index in [-0.39, 0.29) is 16.5 Å². The van der Waals surface area contributed by atoms with Gasteiger partial charge in [-0.05, 0) is 42.5 Å². The number of aromatic nitrogens is 2. The van der Waals surface area contributed by atoms with Crippen LogP contribution in [0.1, 0.15) is 10.4 Å². The first-order chi connectivity index (χ1) is 13.4. The molecule has 28 heavy (non-hydrogen) atoms. The van der Waals surface area contributed by atoms with E-state index in [2.05, 4.69) is 9.97 Å². The summed E-state index contributed by atoms with van der Waals surface area (Å²) < 4.78 is 38.5. The fourth-order valence-electron chi connectivity index (χ4n) is 2.45. The zero-order chi connectivity index (χ0) is 19.8. The Labute approximate surface area is 168 Å². The molecule has 0 radical (unpaired) electrons. The van der Waals surface area contributed by atoms with Crippen molar-refractivity contribution in [3.05, 3.63) is 60.0 Å². The molecule has 2 aromatic carbocycles. The van der Waals surface area contributed by atoms with Crippen LogP contribution in [0.4, 0.5) is 14.5 Å². The summed E-state index contributed by atoms with van der Waals surface area (Å²) >= 11 is -0.440. The van der Waals surface area contributed by atoms with Crippen molar-refractivity contribution in [2.75, 3.05) is 4.31 Å². The van der Waals surface area contributed by atoms with E-state index in [1.165, 1.54) is 30.5 Å². The van der Waals surface area contributed by atoms with E-state index in [0.29, 0.717) is 25.8 Å². The Bertz CT molecular complexity index is 1210. The number of benzene rings is 2. The second-order valence-electron chi connectivity index (χ2n) is 5.51. The lowest BCUT2D eigenvalue weighted by Gasteiger charge is -2.20. The van der Waals surface area contributed by atoms with Gasteiger partial charge in [-0.15, -0.1) is 0 Å². The van der Waals surface area contributed by atoms with Gasteiger partial charge in [0.2, 0.25) is 5.13 Å². The maximum Gasteiger partial charge on any atom is 0.335 e. The van der Waals surface area contributed by atoms with E-state index in [4.69, 9.17) is 5.11 Å². The molecule has 0 amide bonds. The first kappa shape index (κ1) is 18.6. The average molecular weight is 434 g/mol. The minimum absolute atomic E-state index is 0.0653. The van der Waals surface area contributed by atoms with Crippen molar-refractivity contribution in [3.8, 4) is 10.6 Å². The third kappa shape index (κ3) is 3.52. The lowest BCUT2D eigenvalue weighted by atomic mass is 10.2. The maximum absolute atomic E-state index is 13.1. The summed E-state index contributed by atoms with van der Waals surface area (Å²) in [5, 5.41) is 10.1. The Kier molecular flexibility index (Phi) is 4.89. The first-order valence-electron chi connectivity index (χ1n) is 7.67. The summed E-state index contributed by atoms with van der Waals surface area (Å²) in [4.78, 5) is 19.6. The lowest BCUT2D eigenvalue weighted by molar-refractivity contribution is 0.0697. The number of rotatable bonds is 5. The van der Waals surface area contributed by atoms with Gasteiger partial charge in [0.1, 0.15) is 15.8 Å². The van der Waals surface area contributed by atoms with Crippen LogP contribution < -0.4 is 4.31 Å². The van der Waals surface area contributed by atoms with Crippen LogP contribution in [0.3, 0.4) is 0 Å². The van der Waals surface area contributed by atoms with Crippen LogP contribution in [0.2, 0.25) is 0 Å². The molecule has 1 atom stereocenters. The molecule has 7 nitrogen and oxygen atoms in total. The Morgan fingerprint density at radius 2 is 1.93 bits per heavy atom. The minimum atomic E-state index is -2.67. The smallest absolute Gasteiger partial charge is 0.335 e. The first-order valence-corrected chi connectivity index (χ1v) is 10.3. The zero-order valence-electron chi connectivity index (χ0n) is 13.7. The number of anilines is 2. The number of nitrogens with zero attached hydrogens (tertiary/aromatic N) is 3. The van der Waals surface area contributed by atoms with E-state index in [1.54, 1.807) is 18.2 Å². The summed E-state index contributed by atoms with van der Waals surface area (Å²) in [5.74, 6) is -1.47. The molecule has 11 heteroatoms. The van der Waals surface area contributed by atoms with Gasteiger partial charge in [0.15, 0.2) is 0 Å². The number of halogens is 1. The molecule has 4 aromatic rings. The third-order valence-electron chi connectivity index (χ3n) is 3.73. The summed E-state index contributed by atoms with van der Waals surface area (Å²) in [5.41, 5.74) is 1.11. The van der Waals surface area contributed by atoms with Crippen LogP contribution in [0.5, 0.6) is 0 Å². The molecule has 1 N–H and O–H groups in total.